The summed E-state index contributed by atoms with van der Waals surface area (Å²) in [4.78, 5) is 11.9. The monoisotopic (exact) mass is 312 g/mol. The number of carbonyl (C=O) groups is 1. The summed E-state index contributed by atoms with van der Waals surface area (Å²) in [6.45, 7) is 0.223. The summed E-state index contributed by atoms with van der Waals surface area (Å²) in [6.07, 6.45) is 3.59. The molecule has 0 N–H and O–H groups in total. The Hall–Kier alpha value is -2.59. The largest absolute Gasteiger partial charge is 0.457 e. The van der Waals surface area contributed by atoms with Crippen LogP contribution in [0.15, 0.2) is 67.0 Å². The Labute approximate surface area is 132 Å². The molecule has 0 saturated carbocycles. The van der Waals surface area contributed by atoms with Crippen LogP contribution < -0.4 is 0 Å². The summed E-state index contributed by atoms with van der Waals surface area (Å²) < 4.78 is 7.05. The Morgan fingerprint density at radius 2 is 1.82 bits per heavy atom. The summed E-state index contributed by atoms with van der Waals surface area (Å²) in [7, 11) is 0. The van der Waals surface area contributed by atoms with Crippen LogP contribution >= 0.6 is 11.6 Å². The van der Waals surface area contributed by atoms with Gasteiger partial charge in [-0.1, -0.05) is 23.7 Å². The van der Waals surface area contributed by atoms with Crippen molar-refractivity contribution in [3.8, 4) is 5.69 Å². The van der Waals surface area contributed by atoms with Gasteiger partial charge in [0.15, 0.2) is 0 Å². The summed E-state index contributed by atoms with van der Waals surface area (Å²) in [5, 5.41) is 4.75. The third kappa shape index (κ3) is 3.35. The quantitative estimate of drug-likeness (QED) is 0.687. The fourth-order valence-corrected chi connectivity index (χ4v) is 2.11. The van der Waals surface area contributed by atoms with Gasteiger partial charge in [-0.25, -0.2) is 9.48 Å². The lowest BCUT2D eigenvalue weighted by Crippen LogP contribution is -2.05. The second-order valence-electron chi connectivity index (χ2n) is 4.70. The average molecular weight is 313 g/mol. The van der Waals surface area contributed by atoms with E-state index in [1.54, 1.807) is 35.1 Å². The second-order valence-corrected chi connectivity index (χ2v) is 5.14. The van der Waals surface area contributed by atoms with Crippen LogP contribution in [0.5, 0.6) is 0 Å². The first kappa shape index (κ1) is 14.4. The zero-order valence-electron chi connectivity index (χ0n) is 11.6. The van der Waals surface area contributed by atoms with E-state index in [-0.39, 0.29) is 12.6 Å². The lowest BCUT2D eigenvalue weighted by atomic mass is 10.2. The molecule has 0 spiro atoms. The van der Waals surface area contributed by atoms with E-state index in [1.165, 1.54) is 0 Å². The zero-order valence-corrected chi connectivity index (χ0v) is 12.4. The Bertz CT molecular complexity index is 750. The normalized spacial score (nSPS) is 10.4. The Balaban J connectivity index is 1.61. The van der Waals surface area contributed by atoms with E-state index < -0.39 is 0 Å². The van der Waals surface area contributed by atoms with Crippen molar-refractivity contribution < 1.29 is 9.53 Å². The third-order valence-corrected chi connectivity index (χ3v) is 3.41. The number of aromatic nitrogens is 2. The molecule has 2 aromatic carbocycles. The highest BCUT2D eigenvalue weighted by Gasteiger charge is 2.07. The van der Waals surface area contributed by atoms with Gasteiger partial charge < -0.3 is 4.74 Å². The molecule has 0 saturated heterocycles. The van der Waals surface area contributed by atoms with E-state index in [2.05, 4.69) is 5.10 Å². The number of esters is 1. The van der Waals surface area contributed by atoms with Gasteiger partial charge in [-0.05, 0) is 48.0 Å². The molecule has 0 aliphatic heterocycles. The molecule has 0 aliphatic carbocycles. The van der Waals surface area contributed by atoms with Gasteiger partial charge >= 0.3 is 5.97 Å². The van der Waals surface area contributed by atoms with Gasteiger partial charge in [0.1, 0.15) is 6.61 Å². The maximum Gasteiger partial charge on any atom is 0.338 e. The van der Waals surface area contributed by atoms with Gasteiger partial charge in [-0.3, -0.25) is 0 Å². The van der Waals surface area contributed by atoms with Gasteiger partial charge in [-0.15, -0.1) is 0 Å². The highest BCUT2D eigenvalue weighted by Crippen LogP contribution is 2.13. The predicted molar refractivity (Wildman–Crippen MR) is 84.1 cm³/mol. The highest BCUT2D eigenvalue weighted by atomic mass is 35.5. The molecule has 4 nitrogen and oxygen atoms in total. The van der Waals surface area contributed by atoms with E-state index in [4.69, 9.17) is 16.3 Å². The standard InChI is InChI=1S/C17H13ClN2O2/c18-15-6-4-14(5-7-15)17(21)22-12-13-2-8-16(9-3-13)20-11-1-10-19-20/h1-11H,12H2. The highest BCUT2D eigenvalue weighted by molar-refractivity contribution is 6.30. The predicted octanol–water partition coefficient (Wildman–Crippen LogP) is 3.88. The SMILES string of the molecule is O=C(OCc1ccc(-n2cccn2)cc1)c1ccc(Cl)cc1. The number of hydrogen-bond donors (Lipinski definition) is 0. The number of halogens is 1. The lowest BCUT2D eigenvalue weighted by molar-refractivity contribution is 0.0473. The molecule has 0 aliphatic rings. The second kappa shape index (κ2) is 6.45. The zero-order chi connectivity index (χ0) is 15.4. The number of ether oxygens (including phenoxy) is 1. The minimum absolute atomic E-state index is 0.223. The van der Waals surface area contributed by atoms with Crippen LogP contribution in [0.2, 0.25) is 5.02 Å². The maximum absolute atomic E-state index is 11.9. The fourth-order valence-electron chi connectivity index (χ4n) is 1.98. The van der Waals surface area contributed by atoms with Crippen LogP contribution in [0.25, 0.3) is 5.69 Å². The van der Waals surface area contributed by atoms with Gasteiger partial charge in [0.05, 0.1) is 11.3 Å². The number of rotatable bonds is 4. The minimum Gasteiger partial charge on any atom is -0.457 e. The van der Waals surface area contributed by atoms with Crippen LogP contribution in [-0.4, -0.2) is 15.7 Å². The molecular weight excluding hydrogens is 300 g/mol. The number of hydrogen-bond acceptors (Lipinski definition) is 3. The van der Waals surface area contributed by atoms with E-state index in [0.29, 0.717) is 10.6 Å². The molecular formula is C17H13ClN2O2. The van der Waals surface area contributed by atoms with Crippen molar-refractivity contribution in [2.75, 3.05) is 0 Å². The summed E-state index contributed by atoms with van der Waals surface area (Å²) in [5.41, 5.74) is 2.36. The van der Waals surface area contributed by atoms with Gasteiger partial charge in [0.25, 0.3) is 0 Å². The van der Waals surface area contributed by atoms with Gasteiger partial charge in [0, 0.05) is 17.4 Å². The molecule has 0 atom stereocenters. The molecule has 0 fully saturated rings. The number of benzene rings is 2. The first-order valence-corrected chi connectivity index (χ1v) is 7.12. The van der Waals surface area contributed by atoms with E-state index >= 15 is 0 Å². The van der Waals surface area contributed by atoms with Crippen molar-refractivity contribution in [3.63, 3.8) is 0 Å². The van der Waals surface area contributed by atoms with Gasteiger partial charge in [-0.2, -0.15) is 5.10 Å². The number of carbonyl (C=O) groups excluding carboxylic acids is 1. The molecule has 22 heavy (non-hydrogen) atoms. The lowest BCUT2D eigenvalue weighted by Gasteiger charge is -2.06. The molecule has 1 heterocycles. The Morgan fingerprint density at radius 3 is 2.45 bits per heavy atom. The maximum atomic E-state index is 11.9. The van der Waals surface area contributed by atoms with E-state index in [9.17, 15) is 4.79 Å². The molecule has 0 bridgehead atoms. The Morgan fingerprint density at radius 1 is 1.09 bits per heavy atom. The van der Waals surface area contributed by atoms with Crippen molar-refractivity contribution in [1.82, 2.24) is 9.78 Å². The molecule has 1 aromatic heterocycles. The van der Waals surface area contributed by atoms with Crippen LogP contribution in [-0.2, 0) is 11.3 Å². The van der Waals surface area contributed by atoms with Crippen molar-refractivity contribution in [2.45, 2.75) is 6.61 Å². The topological polar surface area (TPSA) is 44.1 Å². The smallest absolute Gasteiger partial charge is 0.338 e. The Kier molecular flexibility index (Phi) is 4.21. The number of nitrogens with zero attached hydrogens (tertiary/aromatic N) is 2. The van der Waals surface area contributed by atoms with Crippen molar-refractivity contribution in [1.29, 1.82) is 0 Å². The molecule has 3 aromatic rings. The summed E-state index contributed by atoms with van der Waals surface area (Å²) >= 11 is 5.79. The van der Waals surface area contributed by atoms with Crippen LogP contribution in [0.3, 0.4) is 0 Å². The summed E-state index contributed by atoms with van der Waals surface area (Å²) in [5.74, 6) is -0.368. The van der Waals surface area contributed by atoms with Crippen LogP contribution in [0, 0.1) is 0 Å². The third-order valence-electron chi connectivity index (χ3n) is 3.16. The van der Waals surface area contributed by atoms with Crippen molar-refractivity contribution in [3.05, 3.63) is 83.1 Å². The first-order chi connectivity index (χ1) is 10.7. The average Bonchev–Trinajstić information content (AvgIpc) is 3.08. The molecule has 110 valence electrons. The van der Waals surface area contributed by atoms with Gasteiger partial charge in [0.2, 0.25) is 0 Å². The first-order valence-electron chi connectivity index (χ1n) is 6.74. The molecule has 0 unspecified atom stereocenters. The van der Waals surface area contributed by atoms with E-state index in [0.717, 1.165) is 11.3 Å². The molecule has 0 amide bonds. The minimum atomic E-state index is -0.368. The van der Waals surface area contributed by atoms with Crippen LogP contribution in [0.4, 0.5) is 0 Å². The fraction of sp³-hybridized carbons (Fsp3) is 0.0588. The van der Waals surface area contributed by atoms with Crippen LogP contribution in [0.1, 0.15) is 15.9 Å². The molecule has 3 rings (SSSR count). The van der Waals surface area contributed by atoms with E-state index in [1.807, 2.05) is 36.5 Å². The summed E-state index contributed by atoms with van der Waals surface area (Å²) in [6, 6.07) is 16.2. The molecule has 0 radical (unpaired) electrons. The van der Waals surface area contributed by atoms with Crippen molar-refractivity contribution in [2.24, 2.45) is 0 Å². The molecule has 5 heteroatoms. The van der Waals surface area contributed by atoms with Crippen molar-refractivity contribution >= 4 is 17.6 Å².